The second-order valence-electron chi connectivity index (χ2n) is 6.53. The number of methoxy groups -OCH3 is 1. The number of halogens is 1. The number of nitrogens with one attached hydrogen (secondary N) is 2. The lowest BCUT2D eigenvalue weighted by Crippen LogP contribution is -2.44. The van der Waals surface area contributed by atoms with Gasteiger partial charge in [-0.05, 0) is 31.0 Å². The van der Waals surface area contributed by atoms with Gasteiger partial charge in [0.1, 0.15) is 5.75 Å². The molecule has 9 heteroatoms. The molecule has 1 aliphatic heterocycles. The molecule has 3 rings (SSSR count). The zero-order valence-corrected chi connectivity index (χ0v) is 17.2. The number of rotatable bonds is 7. The summed E-state index contributed by atoms with van der Waals surface area (Å²) in [6.45, 7) is 1.58. The summed E-state index contributed by atoms with van der Waals surface area (Å²) in [6, 6.07) is 5.30. The molecule has 2 heterocycles. The summed E-state index contributed by atoms with van der Waals surface area (Å²) in [5, 5.41) is 9.02. The molecule has 1 atom stereocenters. The van der Waals surface area contributed by atoms with Crippen LogP contribution >= 0.6 is 22.9 Å². The van der Waals surface area contributed by atoms with E-state index in [0.29, 0.717) is 42.0 Å². The van der Waals surface area contributed by atoms with Crippen molar-refractivity contribution in [1.82, 2.24) is 9.88 Å². The Kier molecular flexibility index (Phi) is 7.11. The van der Waals surface area contributed by atoms with Crippen LogP contribution in [0.3, 0.4) is 0 Å². The zero-order chi connectivity index (χ0) is 19.9. The number of nitrogens with zero attached hydrogens (tertiary/aromatic N) is 2. The number of aromatic nitrogens is 1. The lowest BCUT2D eigenvalue weighted by Gasteiger charge is -2.32. The van der Waals surface area contributed by atoms with Gasteiger partial charge in [-0.15, -0.1) is 11.3 Å². The molecular weight excluding hydrogens is 400 g/mol. The Labute approximate surface area is 173 Å². The lowest BCUT2D eigenvalue weighted by atomic mass is 9.97. The fourth-order valence-corrected chi connectivity index (χ4v) is 3.89. The summed E-state index contributed by atoms with van der Waals surface area (Å²) in [5.41, 5.74) is 0.752. The fourth-order valence-electron chi connectivity index (χ4n) is 3.19. The van der Waals surface area contributed by atoms with Gasteiger partial charge < -0.3 is 20.3 Å². The average molecular weight is 423 g/mol. The quantitative estimate of drug-likeness (QED) is 0.713. The van der Waals surface area contributed by atoms with Crippen molar-refractivity contribution < 1.29 is 14.3 Å². The van der Waals surface area contributed by atoms with Gasteiger partial charge in [-0.2, -0.15) is 0 Å². The molecule has 7 nitrogen and oxygen atoms in total. The summed E-state index contributed by atoms with van der Waals surface area (Å²) in [7, 11) is 1.59. The summed E-state index contributed by atoms with van der Waals surface area (Å²) in [5.74, 6) is 0.422. The number of amides is 2. The molecule has 1 unspecified atom stereocenters. The Morgan fingerprint density at radius 3 is 3.04 bits per heavy atom. The van der Waals surface area contributed by atoms with Crippen molar-refractivity contribution in [2.45, 2.75) is 19.3 Å². The largest absolute Gasteiger partial charge is 0.495 e. The minimum absolute atomic E-state index is 0.0280. The Hall–Kier alpha value is -2.32. The van der Waals surface area contributed by atoms with Gasteiger partial charge in [-0.3, -0.25) is 9.59 Å². The van der Waals surface area contributed by atoms with Crippen LogP contribution in [0.25, 0.3) is 0 Å². The van der Waals surface area contributed by atoms with Gasteiger partial charge in [0.2, 0.25) is 11.8 Å². The van der Waals surface area contributed by atoms with E-state index in [0.717, 1.165) is 18.5 Å². The Morgan fingerprint density at radius 1 is 1.43 bits per heavy atom. The summed E-state index contributed by atoms with van der Waals surface area (Å²) >= 11 is 7.40. The van der Waals surface area contributed by atoms with E-state index in [2.05, 4.69) is 15.6 Å². The number of hydrogen-bond acceptors (Lipinski definition) is 6. The topological polar surface area (TPSA) is 83.6 Å². The first kappa shape index (κ1) is 20.4. The van der Waals surface area contributed by atoms with Crippen molar-refractivity contribution >= 4 is 45.6 Å². The number of carbonyl (C=O) groups excluding carboxylic acids is 2. The highest BCUT2D eigenvalue weighted by atomic mass is 35.5. The van der Waals surface area contributed by atoms with Gasteiger partial charge in [0.25, 0.3) is 0 Å². The number of likely N-dealkylation sites (tertiary alicyclic amines) is 1. The number of benzene rings is 1. The molecule has 0 bridgehead atoms. The van der Waals surface area contributed by atoms with Crippen LogP contribution in [0.1, 0.15) is 19.3 Å². The van der Waals surface area contributed by atoms with Crippen molar-refractivity contribution in [2.24, 2.45) is 5.92 Å². The zero-order valence-electron chi connectivity index (χ0n) is 15.6. The van der Waals surface area contributed by atoms with Crippen molar-refractivity contribution in [2.75, 3.05) is 37.4 Å². The van der Waals surface area contributed by atoms with Crippen LogP contribution in [0, 0.1) is 5.92 Å². The van der Waals surface area contributed by atoms with E-state index >= 15 is 0 Å². The predicted octanol–water partition coefficient (Wildman–Crippen LogP) is 3.48. The first-order valence-corrected chi connectivity index (χ1v) is 10.4. The maximum absolute atomic E-state index is 12.6. The fraction of sp³-hybridized carbons (Fsp3) is 0.421. The van der Waals surface area contributed by atoms with Crippen LogP contribution in [0.4, 0.5) is 10.8 Å². The standard InChI is InChI=1S/C19H23ClN4O3S/c1-27-16-5-4-14(20)11-15(16)21-7-6-17(25)24-9-2-3-13(12-24)18(26)23-19-22-8-10-28-19/h4-5,8,10-11,13,21H,2-3,6-7,9,12H2,1H3,(H,22,23,26). The first-order valence-electron chi connectivity index (χ1n) is 9.12. The van der Waals surface area contributed by atoms with Crippen molar-refractivity contribution in [3.05, 3.63) is 34.8 Å². The number of hydrogen-bond donors (Lipinski definition) is 2. The highest BCUT2D eigenvalue weighted by Gasteiger charge is 2.28. The molecule has 1 aromatic heterocycles. The van der Waals surface area contributed by atoms with E-state index in [1.807, 2.05) is 5.38 Å². The number of ether oxygens (including phenoxy) is 1. The van der Waals surface area contributed by atoms with Crippen LogP contribution in [-0.2, 0) is 9.59 Å². The first-order chi connectivity index (χ1) is 13.6. The summed E-state index contributed by atoms with van der Waals surface area (Å²) in [6.07, 6.45) is 3.57. The third kappa shape index (κ3) is 5.36. The second kappa shape index (κ2) is 9.75. The molecule has 0 saturated carbocycles. The Balaban J connectivity index is 1.49. The van der Waals surface area contributed by atoms with Crippen LogP contribution in [0.2, 0.25) is 5.02 Å². The maximum Gasteiger partial charge on any atom is 0.231 e. The third-order valence-corrected chi connectivity index (χ3v) is 5.55. The molecule has 0 spiro atoms. The van der Waals surface area contributed by atoms with Crippen molar-refractivity contribution in [3.8, 4) is 5.75 Å². The maximum atomic E-state index is 12.6. The van der Waals surface area contributed by atoms with E-state index < -0.39 is 0 Å². The van der Waals surface area contributed by atoms with Crippen LogP contribution < -0.4 is 15.4 Å². The van der Waals surface area contributed by atoms with E-state index in [1.54, 1.807) is 36.4 Å². The smallest absolute Gasteiger partial charge is 0.231 e. The minimum atomic E-state index is -0.206. The summed E-state index contributed by atoms with van der Waals surface area (Å²) in [4.78, 5) is 30.8. The van der Waals surface area contributed by atoms with Crippen LogP contribution in [-0.4, -0.2) is 48.4 Å². The van der Waals surface area contributed by atoms with Gasteiger partial charge in [0.15, 0.2) is 5.13 Å². The van der Waals surface area contributed by atoms with Gasteiger partial charge in [-0.25, -0.2) is 4.98 Å². The van der Waals surface area contributed by atoms with Crippen LogP contribution in [0.5, 0.6) is 5.75 Å². The SMILES string of the molecule is COc1ccc(Cl)cc1NCCC(=O)N1CCCC(C(=O)Nc2nccs2)C1. The molecule has 28 heavy (non-hydrogen) atoms. The number of thiazole rings is 1. The molecule has 150 valence electrons. The molecule has 1 saturated heterocycles. The van der Waals surface area contributed by atoms with E-state index in [9.17, 15) is 9.59 Å². The second-order valence-corrected chi connectivity index (χ2v) is 7.86. The molecular formula is C19H23ClN4O3S. The highest BCUT2D eigenvalue weighted by Crippen LogP contribution is 2.27. The van der Waals surface area contributed by atoms with Crippen LogP contribution in [0.15, 0.2) is 29.8 Å². The van der Waals surface area contributed by atoms with Crippen molar-refractivity contribution in [3.63, 3.8) is 0 Å². The van der Waals surface area contributed by atoms with E-state index in [4.69, 9.17) is 16.3 Å². The highest BCUT2D eigenvalue weighted by molar-refractivity contribution is 7.13. The van der Waals surface area contributed by atoms with Gasteiger partial charge in [0, 0.05) is 42.7 Å². The number of anilines is 2. The monoisotopic (exact) mass is 422 g/mol. The third-order valence-electron chi connectivity index (χ3n) is 4.62. The number of carbonyl (C=O) groups is 2. The molecule has 2 N–H and O–H groups in total. The Bertz CT molecular complexity index is 816. The molecule has 0 aliphatic carbocycles. The number of piperidine rings is 1. The predicted molar refractivity (Wildman–Crippen MR) is 111 cm³/mol. The molecule has 1 aromatic carbocycles. The van der Waals surface area contributed by atoms with Crippen molar-refractivity contribution in [1.29, 1.82) is 0 Å². The molecule has 2 aromatic rings. The molecule has 2 amide bonds. The molecule has 1 fully saturated rings. The molecule has 0 radical (unpaired) electrons. The molecule has 1 aliphatic rings. The van der Waals surface area contributed by atoms with Gasteiger partial charge in [-0.1, -0.05) is 11.6 Å². The Morgan fingerprint density at radius 2 is 2.29 bits per heavy atom. The average Bonchev–Trinajstić information content (AvgIpc) is 3.21. The van der Waals surface area contributed by atoms with E-state index in [1.165, 1.54) is 11.3 Å². The van der Waals surface area contributed by atoms with E-state index in [-0.39, 0.29) is 17.7 Å². The van der Waals surface area contributed by atoms with Gasteiger partial charge >= 0.3 is 0 Å². The van der Waals surface area contributed by atoms with Gasteiger partial charge in [0.05, 0.1) is 18.7 Å². The lowest BCUT2D eigenvalue weighted by molar-refractivity contribution is -0.134. The minimum Gasteiger partial charge on any atom is -0.495 e. The normalized spacial score (nSPS) is 16.5. The summed E-state index contributed by atoms with van der Waals surface area (Å²) < 4.78 is 5.29.